The summed E-state index contributed by atoms with van der Waals surface area (Å²) in [4.78, 5) is 32.8. The standard InChI is InChI=1S/C25H15ClF3N5O3S/c1-38-19-8-17(33-34(19)13-4-2-12(27)3-5-13)25(37)32-16-7-18(35)22(29)20(21(16)28)23(36)15-10-31-24-14(15)6-11(26)9-30-24/h2-10,35H,1H3,(H,30,31)(H,32,37). The van der Waals surface area contributed by atoms with Crippen LogP contribution in [0, 0.1) is 17.5 Å². The first-order valence-electron chi connectivity index (χ1n) is 10.8. The van der Waals surface area contributed by atoms with E-state index in [9.17, 15) is 23.5 Å². The number of nitrogens with zero attached hydrogens (tertiary/aromatic N) is 3. The van der Waals surface area contributed by atoms with Crippen LogP contribution in [0.1, 0.15) is 26.4 Å². The number of phenolic OH excluding ortho intramolecular Hbond substituents is 1. The minimum atomic E-state index is -1.50. The highest BCUT2D eigenvalue weighted by Crippen LogP contribution is 2.33. The molecule has 5 aromatic rings. The lowest BCUT2D eigenvalue weighted by Gasteiger charge is -2.11. The second-order valence-corrected chi connectivity index (χ2v) is 9.20. The quantitative estimate of drug-likeness (QED) is 0.181. The molecule has 3 heterocycles. The smallest absolute Gasteiger partial charge is 0.276 e. The number of aromatic hydroxyl groups is 1. The molecule has 38 heavy (non-hydrogen) atoms. The Labute approximate surface area is 221 Å². The molecule has 5 rings (SSSR count). The Balaban J connectivity index is 1.51. The molecule has 3 N–H and O–H groups in total. The number of aromatic amines is 1. The first-order valence-corrected chi connectivity index (χ1v) is 12.4. The van der Waals surface area contributed by atoms with Gasteiger partial charge in [0.25, 0.3) is 5.91 Å². The predicted molar refractivity (Wildman–Crippen MR) is 136 cm³/mol. The van der Waals surface area contributed by atoms with E-state index in [2.05, 4.69) is 20.4 Å². The number of hydrogen-bond donors (Lipinski definition) is 3. The molecule has 3 aromatic heterocycles. The Morgan fingerprint density at radius 3 is 2.55 bits per heavy atom. The molecule has 0 aliphatic heterocycles. The van der Waals surface area contributed by atoms with Gasteiger partial charge in [-0.15, -0.1) is 11.8 Å². The van der Waals surface area contributed by atoms with Crippen LogP contribution in [0.3, 0.4) is 0 Å². The fourth-order valence-corrected chi connectivity index (χ4v) is 4.49. The third-order valence-corrected chi connectivity index (χ3v) is 6.50. The topological polar surface area (TPSA) is 113 Å². The second kappa shape index (κ2) is 9.88. The van der Waals surface area contributed by atoms with Crippen LogP contribution < -0.4 is 5.32 Å². The number of ketones is 1. The van der Waals surface area contributed by atoms with E-state index in [1.54, 1.807) is 6.26 Å². The molecule has 0 fully saturated rings. The van der Waals surface area contributed by atoms with Gasteiger partial charge < -0.3 is 15.4 Å². The number of H-pyrrole nitrogens is 1. The first-order chi connectivity index (χ1) is 18.2. The molecular weight excluding hydrogens is 543 g/mol. The van der Waals surface area contributed by atoms with Crippen molar-refractivity contribution in [2.45, 2.75) is 5.03 Å². The normalized spacial score (nSPS) is 11.2. The van der Waals surface area contributed by atoms with Crippen molar-refractivity contribution in [2.75, 3.05) is 11.6 Å². The molecule has 0 radical (unpaired) electrons. The maximum Gasteiger partial charge on any atom is 0.276 e. The number of amides is 1. The molecule has 0 aliphatic carbocycles. The third-order valence-electron chi connectivity index (χ3n) is 5.59. The molecular formula is C25H15ClF3N5O3S. The largest absolute Gasteiger partial charge is 0.505 e. The van der Waals surface area contributed by atoms with Gasteiger partial charge in [-0.2, -0.15) is 5.10 Å². The number of phenols is 1. The Morgan fingerprint density at radius 1 is 1.11 bits per heavy atom. The summed E-state index contributed by atoms with van der Waals surface area (Å²) < 4.78 is 45.0. The Bertz CT molecular complexity index is 1740. The fraction of sp³-hybridized carbons (Fsp3) is 0.0400. The number of fused-ring (bicyclic) bond motifs is 1. The lowest BCUT2D eigenvalue weighted by Crippen LogP contribution is -2.17. The molecule has 0 saturated carbocycles. The lowest BCUT2D eigenvalue weighted by molar-refractivity contribution is 0.101. The van der Waals surface area contributed by atoms with Crippen molar-refractivity contribution in [2.24, 2.45) is 0 Å². The van der Waals surface area contributed by atoms with Crippen LogP contribution in [-0.2, 0) is 0 Å². The van der Waals surface area contributed by atoms with Crippen molar-refractivity contribution >= 4 is 51.8 Å². The zero-order valence-electron chi connectivity index (χ0n) is 19.2. The highest BCUT2D eigenvalue weighted by molar-refractivity contribution is 7.98. The zero-order valence-corrected chi connectivity index (χ0v) is 20.8. The molecule has 2 aromatic carbocycles. The Hall–Kier alpha value is -4.29. The van der Waals surface area contributed by atoms with Gasteiger partial charge in [-0.05, 0) is 36.6 Å². The first kappa shape index (κ1) is 25.4. The molecule has 192 valence electrons. The Kier molecular flexibility index (Phi) is 6.59. The maximum absolute atomic E-state index is 15.5. The molecule has 1 amide bonds. The van der Waals surface area contributed by atoms with Gasteiger partial charge in [-0.1, -0.05) is 11.6 Å². The number of halogens is 4. The van der Waals surface area contributed by atoms with Crippen molar-refractivity contribution in [3.63, 3.8) is 0 Å². The lowest BCUT2D eigenvalue weighted by atomic mass is 10.0. The van der Waals surface area contributed by atoms with Crippen LogP contribution in [-0.4, -0.2) is 42.8 Å². The van der Waals surface area contributed by atoms with E-state index < -0.39 is 46.1 Å². The van der Waals surface area contributed by atoms with Crippen molar-refractivity contribution in [1.29, 1.82) is 0 Å². The van der Waals surface area contributed by atoms with Crippen LogP contribution in [0.25, 0.3) is 16.7 Å². The predicted octanol–water partition coefficient (Wildman–Crippen LogP) is 5.73. The SMILES string of the molecule is CSc1cc(C(=O)Nc2cc(O)c(F)c(C(=O)c3c[nH]c4ncc(Cl)cc34)c2F)nn1-c1ccc(F)cc1. The molecule has 0 atom stereocenters. The number of nitrogens with one attached hydrogen (secondary N) is 2. The van der Waals surface area contributed by atoms with Crippen LogP contribution in [0.2, 0.25) is 5.02 Å². The van der Waals surface area contributed by atoms with E-state index in [1.807, 2.05) is 0 Å². The van der Waals surface area contributed by atoms with Gasteiger partial charge in [-0.25, -0.2) is 22.8 Å². The van der Waals surface area contributed by atoms with Crippen molar-refractivity contribution in [3.8, 4) is 11.4 Å². The molecule has 8 nitrogen and oxygen atoms in total. The molecule has 0 aliphatic rings. The Morgan fingerprint density at radius 2 is 1.84 bits per heavy atom. The van der Waals surface area contributed by atoms with E-state index >= 15 is 4.39 Å². The molecule has 0 unspecified atom stereocenters. The number of benzene rings is 2. The molecule has 0 saturated heterocycles. The summed E-state index contributed by atoms with van der Waals surface area (Å²) in [6, 6.07) is 8.86. The van der Waals surface area contributed by atoms with Gasteiger partial charge in [0.1, 0.15) is 22.1 Å². The summed E-state index contributed by atoms with van der Waals surface area (Å²) in [5.41, 5.74) is -1.28. The summed E-state index contributed by atoms with van der Waals surface area (Å²) in [5, 5.41) is 17.5. The number of thioether (sulfide) groups is 1. The van der Waals surface area contributed by atoms with Gasteiger partial charge in [-0.3, -0.25) is 9.59 Å². The summed E-state index contributed by atoms with van der Waals surface area (Å²) in [5.74, 6) is -6.40. The molecule has 0 bridgehead atoms. The third kappa shape index (κ3) is 4.48. The van der Waals surface area contributed by atoms with Crippen LogP contribution >= 0.6 is 23.4 Å². The van der Waals surface area contributed by atoms with E-state index in [-0.39, 0.29) is 27.3 Å². The number of aromatic nitrogens is 4. The van der Waals surface area contributed by atoms with Crippen LogP contribution in [0.4, 0.5) is 18.9 Å². The van der Waals surface area contributed by atoms with E-state index in [4.69, 9.17) is 11.6 Å². The summed E-state index contributed by atoms with van der Waals surface area (Å²) in [7, 11) is 0. The van der Waals surface area contributed by atoms with Crippen molar-refractivity contribution in [1.82, 2.24) is 19.7 Å². The van der Waals surface area contributed by atoms with Crippen LogP contribution in [0.5, 0.6) is 5.75 Å². The van der Waals surface area contributed by atoms with Crippen LogP contribution in [0.15, 0.2) is 59.9 Å². The van der Waals surface area contributed by atoms with E-state index in [0.29, 0.717) is 16.8 Å². The number of hydrogen-bond acceptors (Lipinski definition) is 6. The highest BCUT2D eigenvalue weighted by Gasteiger charge is 2.28. The fourth-order valence-electron chi connectivity index (χ4n) is 3.79. The molecule has 0 spiro atoms. The zero-order chi connectivity index (χ0) is 27.1. The summed E-state index contributed by atoms with van der Waals surface area (Å²) in [6.45, 7) is 0. The van der Waals surface area contributed by atoms with E-state index in [1.165, 1.54) is 65.2 Å². The van der Waals surface area contributed by atoms with Gasteiger partial charge in [0.15, 0.2) is 23.1 Å². The number of rotatable bonds is 6. The number of anilines is 1. The second-order valence-electron chi connectivity index (χ2n) is 7.94. The average Bonchev–Trinajstić information content (AvgIpc) is 3.52. The minimum Gasteiger partial charge on any atom is -0.505 e. The van der Waals surface area contributed by atoms with Crippen molar-refractivity contribution < 1.29 is 27.9 Å². The van der Waals surface area contributed by atoms with Gasteiger partial charge in [0, 0.05) is 35.5 Å². The summed E-state index contributed by atoms with van der Waals surface area (Å²) in [6.07, 6.45) is 4.28. The summed E-state index contributed by atoms with van der Waals surface area (Å²) >= 11 is 7.20. The van der Waals surface area contributed by atoms with Gasteiger partial charge >= 0.3 is 0 Å². The van der Waals surface area contributed by atoms with Gasteiger partial charge in [0.2, 0.25) is 5.78 Å². The number of pyridine rings is 1. The number of carbonyl (C=O) groups is 2. The monoisotopic (exact) mass is 557 g/mol. The maximum atomic E-state index is 15.5. The van der Waals surface area contributed by atoms with Crippen molar-refractivity contribution in [3.05, 3.63) is 94.2 Å². The van der Waals surface area contributed by atoms with Gasteiger partial charge in [0.05, 0.1) is 16.4 Å². The molecule has 13 heteroatoms. The minimum absolute atomic E-state index is 0.140. The number of carbonyl (C=O) groups excluding carboxylic acids is 2. The average molecular weight is 558 g/mol. The highest BCUT2D eigenvalue weighted by atomic mass is 35.5. The van der Waals surface area contributed by atoms with E-state index in [0.717, 1.165) is 0 Å².